The van der Waals surface area contributed by atoms with Crippen LogP contribution in [-0.2, 0) is 20.7 Å². The smallest absolute Gasteiger partial charge is 0.337 e. The fourth-order valence-electron chi connectivity index (χ4n) is 5.19. The molecule has 10 heteroatoms. The van der Waals surface area contributed by atoms with E-state index in [1.165, 1.54) is 19.6 Å². The molecule has 3 aliphatic rings. The summed E-state index contributed by atoms with van der Waals surface area (Å²) in [5.74, 6) is 0.362. The van der Waals surface area contributed by atoms with Crippen LogP contribution in [0.4, 0.5) is 11.4 Å². The van der Waals surface area contributed by atoms with Crippen LogP contribution in [0.15, 0.2) is 73.2 Å². The van der Waals surface area contributed by atoms with Gasteiger partial charge in [-0.3, -0.25) is 9.59 Å². The van der Waals surface area contributed by atoms with Crippen LogP contribution >= 0.6 is 0 Å². The Kier molecular flexibility index (Phi) is 7.37. The fraction of sp³-hybridized carbons (Fsp3) is 0.219. The van der Waals surface area contributed by atoms with Crippen LogP contribution < -0.4 is 20.1 Å². The van der Waals surface area contributed by atoms with Crippen molar-refractivity contribution in [2.45, 2.75) is 6.42 Å². The van der Waals surface area contributed by atoms with Crippen molar-refractivity contribution in [3.05, 3.63) is 95.4 Å². The van der Waals surface area contributed by atoms with E-state index in [0.29, 0.717) is 51.6 Å². The van der Waals surface area contributed by atoms with Gasteiger partial charge in [-0.25, -0.2) is 4.79 Å². The second-order valence-electron chi connectivity index (χ2n) is 10.3. The van der Waals surface area contributed by atoms with E-state index in [2.05, 4.69) is 22.6 Å². The van der Waals surface area contributed by atoms with Gasteiger partial charge in [0.15, 0.2) is 11.5 Å². The molecular formula is C32H30N4O6. The summed E-state index contributed by atoms with van der Waals surface area (Å²) < 4.78 is 16.0. The summed E-state index contributed by atoms with van der Waals surface area (Å²) >= 11 is 0. The Morgan fingerprint density at radius 3 is 2.36 bits per heavy atom. The minimum Gasteiger partial charge on any atom is -0.465 e. The summed E-state index contributed by atoms with van der Waals surface area (Å²) in [7, 11) is 3.37. The van der Waals surface area contributed by atoms with Crippen molar-refractivity contribution in [1.82, 2.24) is 9.80 Å². The molecule has 0 saturated carbocycles. The SMILES string of the molecule is COC(=O)c1ccc2c(c1)NC(=O)C2=C(Nc1ccc(CC(=O)N2CCN(C)CC2)cc1)c1ccc2c(c1)OC=CO2. The van der Waals surface area contributed by atoms with E-state index >= 15 is 0 Å². The molecule has 3 aliphatic heterocycles. The molecule has 1 saturated heterocycles. The lowest BCUT2D eigenvalue weighted by Crippen LogP contribution is -2.47. The van der Waals surface area contributed by atoms with Crippen LogP contribution in [0.5, 0.6) is 11.5 Å². The number of ether oxygens (including phenoxy) is 3. The van der Waals surface area contributed by atoms with Crippen LogP contribution in [0.2, 0.25) is 0 Å². The normalized spacial score (nSPS) is 16.9. The third-order valence-electron chi connectivity index (χ3n) is 7.55. The lowest BCUT2D eigenvalue weighted by atomic mass is 9.98. The van der Waals surface area contributed by atoms with E-state index in [1.54, 1.807) is 30.3 Å². The lowest BCUT2D eigenvalue weighted by Gasteiger charge is -2.32. The highest BCUT2D eigenvalue weighted by atomic mass is 16.5. The Bertz CT molecular complexity index is 1620. The Labute approximate surface area is 243 Å². The van der Waals surface area contributed by atoms with Crippen molar-refractivity contribution < 1.29 is 28.6 Å². The summed E-state index contributed by atoms with van der Waals surface area (Å²) in [5, 5.41) is 6.30. The molecule has 42 heavy (non-hydrogen) atoms. The molecule has 0 unspecified atom stereocenters. The number of carbonyl (C=O) groups is 3. The largest absolute Gasteiger partial charge is 0.465 e. The highest BCUT2D eigenvalue weighted by Crippen LogP contribution is 2.40. The van der Waals surface area contributed by atoms with Crippen molar-refractivity contribution in [2.75, 3.05) is 51.0 Å². The zero-order chi connectivity index (χ0) is 29.2. The molecular weight excluding hydrogens is 536 g/mol. The van der Waals surface area contributed by atoms with Gasteiger partial charge in [0.25, 0.3) is 5.91 Å². The molecule has 0 radical (unpaired) electrons. The van der Waals surface area contributed by atoms with Crippen LogP contribution in [-0.4, -0.2) is 67.9 Å². The molecule has 1 fully saturated rings. The number of amides is 2. The maximum absolute atomic E-state index is 13.4. The average molecular weight is 567 g/mol. The maximum atomic E-state index is 13.4. The molecule has 10 nitrogen and oxygen atoms in total. The van der Waals surface area contributed by atoms with Gasteiger partial charge in [-0.1, -0.05) is 18.2 Å². The molecule has 0 atom stereocenters. The minimum absolute atomic E-state index is 0.113. The maximum Gasteiger partial charge on any atom is 0.337 e. The second-order valence-corrected chi connectivity index (χ2v) is 10.3. The molecule has 3 aromatic rings. The standard InChI is InChI=1S/C32H30N4O6/c1-35-11-13-36(14-12-35)28(37)17-20-3-7-23(8-4-20)33-30(21-6-10-26-27(19-21)42-16-15-41-26)29-24-9-5-22(32(39)40-2)18-25(24)34-31(29)38/h3-10,15-16,18-19,33H,11-14,17H2,1-2H3,(H,34,38). The monoisotopic (exact) mass is 566 g/mol. The van der Waals surface area contributed by atoms with Gasteiger partial charge >= 0.3 is 5.97 Å². The van der Waals surface area contributed by atoms with Gasteiger partial charge in [0.2, 0.25) is 5.91 Å². The summed E-state index contributed by atoms with van der Waals surface area (Å²) in [6.07, 6.45) is 3.22. The number of likely N-dealkylation sites (N-methyl/N-ethyl adjacent to an activating group) is 1. The zero-order valence-electron chi connectivity index (χ0n) is 23.3. The Morgan fingerprint density at radius 1 is 0.905 bits per heavy atom. The predicted molar refractivity (Wildman–Crippen MR) is 158 cm³/mol. The molecule has 0 spiro atoms. The number of hydrogen-bond donors (Lipinski definition) is 2. The van der Waals surface area contributed by atoms with Gasteiger partial charge in [-0.15, -0.1) is 0 Å². The van der Waals surface area contributed by atoms with Crippen molar-refractivity contribution in [2.24, 2.45) is 0 Å². The molecule has 3 heterocycles. The van der Waals surface area contributed by atoms with E-state index in [0.717, 1.165) is 37.4 Å². The first-order valence-electron chi connectivity index (χ1n) is 13.6. The number of nitrogens with one attached hydrogen (secondary N) is 2. The Hall–Kier alpha value is -5.09. The fourth-order valence-corrected chi connectivity index (χ4v) is 5.19. The first-order chi connectivity index (χ1) is 20.4. The topological polar surface area (TPSA) is 109 Å². The van der Waals surface area contributed by atoms with Gasteiger partial charge in [-0.2, -0.15) is 0 Å². The number of benzene rings is 3. The van der Waals surface area contributed by atoms with Gasteiger partial charge in [0.05, 0.1) is 36.1 Å². The molecule has 2 N–H and O–H groups in total. The number of methoxy groups -OCH3 is 1. The Balaban J connectivity index is 1.32. The Morgan fingerprint density at radius 2 is 1.62 bits per heavy atom. The minimum atomic E-state index is -0.492. The molecule has 3 aromatic carbocycles. The average Bonchev–Trinajstić information content (AvgIpc) is 3.34. The molecule has 0 aromatic heterocycles. The highest BCUT2D eigenvalue weighted by Gasteiger charge is 2.30. The van der Waals surface area contributed by atoms with Crippen LogP contribution in [0.25, 0.3) is 11.3 Å². The zero-order valence-corrected chi connectivity index (χ0v) is 23.3. The number of fused-ring (bicyclic) bond motifs is 2. The third-order valence-corrected chi connectivity index (χ3v) is 7.55. The quantitative estimate of drug-likeness (QED) is 0.341. The first kappa shape index (κ1) is 27.1. The van der Waals surface area contributed by atoms with Crippen molar-refractivity contribution in [3.63, 3.8) is 0 Å². The lowest BCUT2D eigenvalue weighted by molar-refractivity contribution is -0.132. The van der Waals surface area contributed by atoms with Gasteiger partial charge < -0.3 is 34.6 Å². The number of anilines is 2. The number of nitrogens with zero attached hydrogens (tertiary/aromatic N) is 2. The van der Waals surface area contributed by atoms with Gasteiger partial charge in [0.1, 0.15) is 12.5 Å². The number of hydrogen-bond acceptors (Lipinski definition) is 8. The van der Waals surface area contributed by atoms with Crippen LogP contribution in [0.3, 0.4) is 0 Å². The first-order valence-corrected chi connectivity index (χ1v) is 13.6. The van der Waals surface area contributed by atoms with E-state index < -0.39 is 5.97 Å². The number of piperazine rings is 1. The number of esters is 1. The molecule has 2 amide bonds. The van der Waals surface area contributed by atoms with Crippen molar-refractivity contribution in [1.29, 1.82) is 0 Å². The summed E-state index contributed by atoms with van der Waals surface area (Å²) in [6.45, 7) is 3.23. The van der Waals surface area contributed by atoms with Crippen molar-refractivity contribution >= 4 is 40.4 Å². The molecule has 214 valence electrons. The highest BCUT2D eigenvalue weighted by molar-refractivity contribution is 6.37. The van der Waals surface area contributed by atoms with Gasteiger partial charge in [0, 0.05) is 43.0 Å². The molecule has 0 bridgehead atoms. The van der Waals surface area contributed by atoms with Gasteiger partial charge in [-0.05, 0) is 55.1 Å². The van der Waals surface area contributed by atoms with Crippen LogP contribution in [0.1, 0.15) is 27.0 Å². The number of rotatable bonds is 6. The van der Waals surface area contributed by atoms with E-state index in [-0.39, 0.29) is 11.8 Å². The summed E-state index contributed by atoms with van der Waals surface area (Å²) in [6, 6.07) is 18.0. The second kappa shape index (κ2) is 11.4. The van der Waals surface area contributed by atoms with E-state index in [1.807, 2.05) is 35.2 Å². The molecule has 0 aliphatic carbocycles. The van der Waals surface area contributed by atoms with Crippen LogP contribution in [0, 0.1) is 0 Å². The summed E-state index contributed by atoms with van der Waals surface area (Å²) in [4.78, 5) is 42.4. The van der Waals surface area contributed by atoms with E-state index in [4.69, 9.17) is 14.2 Å². The molecule has 6 rings (SSSR count). The summed E-state index contributed by atoms with van der Waals surface area (Å²) in [5.41, 5.74) is 4.76. The van der Waals surface area contributed by atoms with E-state index in [9.17, 15) is 14.4 Å². The predicted octanol–water partition coefficient (Wildman–Crippen LogP) is 3.96. The van der Waals surface area contributed by atoms with Crippen molar-refractivity contribution in [3.8, 4) is 11.5 Å². The number of carbonyl (C=O) groups excluding carboxylic acids is 3. The third kappa shape index (κ3) is 5.44.